The van der Waals surface area contributed by atoms with Crippen molar-refractivity contribution in [2.45, 2.75) is 6.54 Å². The van der Waals surface area contributed by atoms with Crippen molar-refractivity contribution in [2.24, 2.45) is 0 Å². The van der Waals surface area contributed by atoms with Gasteiger partial charge in [0.2, 0.25) is 0 Å². The first-order chi connectivity index (χ1) is 13.5. The Hall–Kier alpha value is -2.28. The molecular weight excluding hydrogens is 399 g/mol. The van der Waals surface area contributed by atoms with Crippen molar-refractivity contribution in [3.05, 3.63) is 64.0 Å². The number of piperazine rings is 1. The Kier molecular flexibility index (Phi) is 5.44. The number of halogens is 2. The Bertz CT molecular complexity index is 956. The zero-order valence-corrected chi connectivity index (χ0v) is 17.0. The molecule has 1 aliphatic heterocycles. The number of methoxy groups -OCH3 is 1. The lowest BCUT2D eigenvalue weighted by Crippen LogP contribution is -2.48. The van der Waals surface area contributed by atoms with Crippen LogP contribution in [0.1, 0.15) is 16.1 Å². The minimum absolute atomic E-state index is 0.0705. The molecule has 6 nitrogen and oxygen atoms in total. The molecule has 0 unspecified atom stereocenters. The van der Waals surface area contributed by atoms with E-state index in [1.165, 1.54) is 7.11 Å². The normalized spacial score (nSPS) is 15.2. The highest BCUT2D eigenvalue weighted by Crippen LogP contribution is 2.34. The number of ether oxygens (including phenoxy) is 1. The van der Waals surface area contributed by atoms with Crippen LogP contribution in [0.5, 0.6) is 5.75 Å². The lowest BCUT2D eigenvalue weighted by Gasteiger charge is -2.34. The van der Waals surface area contributed by atoms with Crippen molar-refractivity contribution < 1.29 is 9.53 Å². The van der Waals surface area contributed by atoms with E-state index in [1.54, 1.807) is 12.1 Å². The third-order valence-corrected chi connectivity index (χ3v) is 5.47. The van der Waals surface area contributed by atoms with Gasteiger partial charge >= 0.3 is 0 Å². The smallest absolute Gasteiger partial charge is 0.254 e. The van der Waals surface area contributed by atoms with Crippen LogP contribution in [0.4, 0.5) is 0 Å². The molecule has 0 atom stereocenters. The molecule has 1 fully saturated rings. The molecule has 1 saturated heterocycles. The Balaban J connectivity index is 1.39. The number of carbonyl (C=O) groups excluding carboxylic acids is 1. The number of hydrogen-bond acceptors (Lipinski definition) is 4. The van der Waals surface area contributed by atoms with Crippen molar-refractivity contribution in [3.63, 3.8) is 0 Å². The van der Waals surface area contributed by atoms with Gasteiger partial charge in [-0.25, -0.2) is 4.98 Å². The number of aromatic nitrogens is 2. The molecule has 2 aromatic heterocycles. The highest BCUT2D eigenvalue weighted by molar-refractivity contribution is 6.37. The molecule has 1 amide bonds. The molecule has 0 radical (unpaired) electrons. The summed E-state index contributed by atoms with van der Waals surface area (Å²) in [7, 11) is 1.50. The third-order valence-electron chi connectivity index (χ3n) is 4.91. The van der Waals surface area contributed by atoms with Crippen LogP contribution in [0, 0.1) is 0 Å². The maximum Gasteiger partial charge on any atom is 0.254 e. The maximum absolute atomic E-state index is 12.8. The van der Waals surface area contributed by atoms with Gasteiger partial charge < -0.3 is 14.0 Å². The summed E-state index contributed by atoms with van der Waals surface area (Å²) in [6.07, 6.45) is 4.04. The van der Waals surface area contributed by atoms with Gasteiger partial charge in [-0.15, -0.1) is 0 Å². The zero-order chi connectivity index (χ0) is 19.7. The van der Waals surface area contributed by atoms with Crippen LogP contribution in [0.15, 0.2) is 42.7 Å². The molecule has 1 aromatic carbocycles. The number of imidazole rings is 1. The van der Waals surface area contributed by atoms with Gasteiger partial charge in [0.15, 0.2) is 5.75 Å². The molecule has 28 heavy (non-hydrogen) atoms. The van der Waals surface area contributed by atoms with E-state index < -0.39 is 0 Å². The molecule has 0 bridgehead atoms. The molecule has 0 saturated carbocycles. The monoisotopic (exact) mass is 418 g/mol. The van der Waals surface area contributed by atoms with E-state index in [-0.39, 0.29) is 5.91 Å². The predicted molar refractivity (Wildman–Crippen MR) is 109 cm³/mol. The minimum Gasteiger partial charge on any atom is -0.494 e. The minimum atomic E-state index is -0.0705. The molecule has 4 rings (SSSR count). The topological polar surface area (TPSA) is 50.1 Å². The molecule has 146 valence electrons. The Morgan fingerprint density at radius 3 is 2.50 bits per heavy atom. The summed E-state index contributed by atoms with van der Waals surface area (Å²) < 4.78 is 7.17. The number of carbonyl (C=O) groups is 1. The fourth-order valence-electron chi connectivity index (χ4n) is 3.46. The fraction of sp³-hybridized carbons (Fsp3) is 0.300. The molecule has 0 N–H and O–H groups in total. The highest BCUT2D eigenvalue weighted by Gasteiger charge is 2.24. The summed E-state index contributed by atoms with van der Waals surface area (Å²) in [4.78, 5) is 21.6. The van der Waals surface area contributed by atoms with Crippen LogP contribution >= 0.6 is 23.2 Å². The second kappa shape index (κ2) is 7.99. The van der Waals surface area contributed by atoms with Gasteiger partial charge in [0.1, 0.15) is 5.65 Å². The van der Waals surface area contributed by atoms with Gasteiger partial charge in [-0.2, -0.15) is 0 Å². The predicted octanol–water partition coefficient (Wildman–Crippen LogP) is 3.61. The zero-order valence-electron chi connectivity index (χ0n) is 15.4. The van der Waals surface area contributed by atoms with E-state index in [9.17, 15) is 4.79 Å². The highest BCUT2D eigenvalue weighted by atomic mass is 35.5. The Morgan fingerprint density at radius 1 is 1.14 bits per heavy atom. The molecule has 1 aliphatic rings. The van der Waals surface area contributed by atoms with E-state index >= 15 is 0 Å². The average molecular weight is 419 g/mol. The first kappa shape index (κ1) is 19.1. The average Bonchev–Trinajstić information content (AvgIpc) is 3.10. The lowest BCUT2D eigenvalue weighted by atomic mass is 10.1. The number of rotatable bonds is 4. The second-order valence-corrected chi connectivity index (χ2v) is 7.55. The van der Waals surface area contributed by atoms with E-state index in [1.807, 2.05) is 39.9 Å². The molecular formula is C20H20Cl2N4O2. The van der Waals surface area contributed by atoms with Crippen LogP contribution in [-0.2, 0) is 6.54 Å². The summed E-state index contributed by atoms with van der Waals surface area (Å²) in [5.74, 6) is 0.316. The van der Waals surface area contributed by atoms with E-state index in [2.05, 4.69) is 9.88 Å². The Morgan fingerprint density at radius 2 is 1.86 bits per heavy atom. The Labute approximate surface area is 173 Å². The van der Waals surface area contributed by atoms with Gasteiger partial charge in [0.25, 0.3) is 5.91 Å². The third kappa shape index (κ3) is 3.81. The quantitative estimate of drug-likeness (QED) is 0.649. The summed E-state index contributed by atoms with van der Waals surface area (Å²) >= 11 is 12.3. The van der Waals surface area contributed by atoms with Gasteiger partial charge in [-0.3, -0.25) is 9.69 Å². The van der Waals surface area contributed by atoms with Gasteiger partial charge in [0, 0.05) is 50.7 Å². The number of pyridine rings is 1. The molecule has 0 spiro atoms. The lowest BCUT2D eigenvalue weighted by molar-refractivity contribution is 0.0627. The number of hydrogen-bond donors (Lipinski definition) is 0. The second-order valence-electron chi connectivity index (χ2n) is 6.74. The number of fused-ring (bicyclic) bond motifs is 1. The van der Waals surface area contributed by atoms with E-state index in [0.717, 1.165) is 31.0 Å². The first-order valence-corrected chi connectivity index (χ1v) is 9.78. The van der Waals surface area contributed by atoms with Crippen LogP contribution in [0.25, 0.3) is 5.65 Å². The summed E-state index contributed by atoms with van der Waals surface area (Å²) in [6, 6.07) is 9.18. The largest absolute Gasteiger partial charge is 0.494 e. The van der Waals surface area contributed by atoms with E-state index in [4.69, 9.17) is 27.9 Å². The standard InChI is InChI=1S/C20H20Cl2N4O2/c1-28-19-16(21)10-14(11-17(19)22)20(27)25-8-6-24(7-9-25)12-15-13-26-5-3-2-4-18(26)23-15/h2-5,10-11,13H,6-9,12H2,1H3. The molecule has 8 heteroatoms. The van der Waals surface area contributed by atoms with Crippen molar-refractivity contribution in [1.82, 2.24) is 19.2 Å². The van der Waals surface area contributed by atoms with E-state index in [0.29, 0.717) is 34.4 Å². The first-order valence-electron chi connectivity index (χ1n) is 9.02. The van der Waals surface area contributed by atoms with Crippen molar-refractivity contribution >= 4 is 34.8 Å². The maximum atomic E-state index is 12.8. The number of benzene rings is 1. The van der Waals surface area contributed by atoms with Crippen molar-refractivity contribution in [3.8, 4) is 5.75 Å². The SMILES string of the molecule is COc1c(Cl)cc(C(=O)N2CCN(Cc3cn4ccccc4n3)CC2)cc1Cl. The van der Waals surface area contributed by atoms with Crippen LogP contribution in [0.2, 0.25) is 10.0 Å². The van der Waals surface area contributed by atoms with Gasteiger partial charge in [-0.05, 0) is 24.3 Å². The van der Waals surface area contributed by atoms with Crippen LogP contribution in [-0.4, -0.2) is 58.4 Å². The molecule has 3 heterocycles. The summed E-state index contributed by atoms with van der Waals surface area (Å²) in [5.41, 5.74) is 2.45. The van der Waals surface area contributed by atoms with Gasteiger partial charge in [0.05, 0.1) is 22.8 Å². The number of nitrogens with zero attached hydrogens (tertiary/aromatic N) is 4. The van der Waals surface area contributed by atoms with Gasteiger partial charge in [-0.1, -0.05) is 29.3 Å². The van der Waals surface area contributed by atoms with Crippen LogP contribution < -0.4 is 4.74 Å². The summed E-state index contributed by atoms with van der Waals surface area (Å²) in [6.45, 7) is 3.64. The van der Waals surface area contributed by atoms with Crippen molar-refractivity contribution in [1.29, 1.82) is 0 Å². The van der Waals surface area contributed by atoms with Crippen LogP contribution in [0.3, 0.4) is 0 Å². The molecule has 3 aromatic rings. The number of amides is 1. The van der Waals surface area contributed by atoms with Crippen molar-refractivity contribution in [2.75, 3.05) is 33.3 Å². The summed E-state index contributed by atoms with van der Waals surface area (Å²) in [5, 5.41) is 0.674. The fourth-order valence-corrected chi connectivity index (χ4v) is 4.10. The molecule has 0 aliphatic carbocycles.